The van der Waals surface area contributed by atoms with Gasteiger partial charge in [-0.25, -0.2) is 12.8 Å². The lowest BCUT2D eigenvalue weighted by Gasteiger charge is -2.29. The highest BCUT2D eigenvalue weighted by Crippen LogP contribution is 2.28. The van der Waals surface area contributed by atoms with Crippen molar-refractivity contribution in [3.63, 3.8) is 0 Å². The largest absolute Gasteiger partial charge is 0.380 e. The molecule has 19 heavy (non-hydrogen) atoms. The van der Waals surface area contributed by atoms with Gasteiger partial charge in [-0.05, 0) is 24.5 Å². The molecule has 108 valence electrons. The Balaban J connectivity index is 3.07. The second kappa shape index (κ2) is 5.36. The quantitative estimate of drug-likeness (QED) is 0.895. The Bertz CT molecular complexity index is 550. The van der Waals surface area contributed by atoms with Crippen LogP contribution in [-0.4, -0.2) is 20.7 Å². The van der Waals surface area contributed by atoms with Gasteiger partial charge in [0.1, 0.15) is 5.82 Å². The summed E-state index contributed by atoms with van der Waals surface area (Å²) in [6.45, 7) is 8.20. The lowest BCUT2D eigenvalue weighted by molar-refractivity contribution is 0.359. The molecule has 0 amide bonds. The molecule has 0 radical (unpaired) electrons. The third kappa shape index (κ3) is 5.06. The van der Waals surface area contributed by atoms with Crippen LogP contribution in [0, 0.1) is 11.2 Å². The standard InChI is InChI=1S/C13H21FN2O2S/c1-9(13(2,3)4)15-11-7-6-10(14)8-12(11)16-19(5,17)18/h6-9,15-16H,1-5H3. The number of sulfonamides is 1. The maximum absolute atomic E-state index is 13.2. The first kappa shape index (κ1) is 15.8. The maximum atomic E-state index is 13.2. The van der Waals surface area contributed by atoms with Gasteiger partial charge in [-0.2, -0.15) is 0 Å². The van der Waals surface area contributed by atoms with Crippen molar-refractivity contribution in [3.8, 4) is 0 Å². The minimum atomic E-state index is -3.44. The van der Waals surface area contributed by atoms with Crippen LogP contribution >= 0.6 is 0 Å². The van der Waals surface area contributed by atoms with E-state index in [0.29, 0.717) is 5.69 Å². The fourth-order valence-corrected chi connectivity index (χ4v) is 1.94. The Morgan fingerprint density at radius 2 is 1.79 bits per heavy atom. The van der Waals surface area contributed by atoms with Crippen molar-refractivity contribution < 1.29 is 12.8 Å². The van der Waals surface area contributed by atoms with Gasteiger partial charge < -0.3 is 5.32 Å². The SMILES string of the molecule is CC(Nc1ccc(F)cc1NS(C)(=O)=O)C(C)(C)C. The van der Waals surface area contributed by atoms with E-state index in [-0.39, 0.29) is 17.1 Å². The predicted octanol–water partition coefficient (Wildman–Crippen LogP) is 3.04. The Morgan fingerprint density at radius 3 is 2.26 bits per heavy atom. The molecule has 6 heteroatoms. The molecule has 1 rings (SSSR count). The van der Waals surface area contributed by atoms with Crippen molar-refractivity contribution in [1.82, 2.24) is 0 Å². The summed E-state index contributed by atoms with van der Waals surface area (Å²) in [7, 11) is -3.44. The van der Waals surface area contributed by atoms with Gasteiger partial charge in [0.05, 0.1) is 17.6 Å². The summed E-state index contributed by atoms with van der Waals surface area (Å²) in [5, 5.41) is 3.21. The fraction of sp³-hybridized carbons (Fsp3) is 0.538. The van der Waals surface area contributed by atoms with Crippen molar-refractivity contribution in [2.24, 2.45) is 5.41 Å². The van der Waals surface area contributed by atoms with Crippen molar-refractivity contribution in [2.45, 2.75) is 33.7 Å². The lowest BCUT2D eigenvalue weighted by Crippen LogP contribution is -2.31. The number of rotatable bonds is 4. The van der Waals surface area contributed by atoms with Crippen LogP contribution in [0.25, 0.3) is 0 Å². The van der Waals surface area contributed by atoms with Gasteiger partial charge >= 0.3 is 0 Å². The van der Waals surface area contributed by atoms with Crippen molar-refractivity contribution in [3.05, 3.63) is 24.0 Å². The van der Waals surface area contributed by atoms with Crippen molar-refractivity contribution in [1.29, 1.82) is 0 Å². The topological polar surface area (TPSA) is 58.2 Å². The van der Waals surface area contributed by atoms with Crippen molar-refractivity contribution in [2.75, 3.05) is 16.3 Å². The van der Waals surface area contributed by atoms with E-state index in [2.05, 4.69) is 30.8 Å². The third-order valence-corrected chi connectivity index (χ3v) is 3.54. The molecule has 0 saturated carbocycles. The van der Waals surface area contributed by atoms with Crippen molar-refractivity contribution >= 4 is 21.4 Å². The Kier molecular flexibility index (Phi) is 4.45. The molecular formula is C13H21FN2O2S. The van der Waals surface area contributed by atoms with E-state index in [1.54, 1.807) is 0 Å². The summed E-state index contributed by atoms with van der Waals surface area (Å²) >= 11 is 0. The number of halogens is 1. The predicted molar refractivity (Wildman–Crippen MR) is 77.4 cm³/mol. The second-order valence-electron chi connectivity index (χ2n) is 5.80. The summed E-state index contributed by atoms with van der Waals surface area (Å²) in [5.74, 6) is -0.486. The normalized spacial score (nSPS) is 14.0. The van der Waals surface area contributed by atoms with Gasteiger partial charge in [0.25, 0.3) is 0 Å². The molecule has 0 aliphatic carbocycles. The van der Waals surface area contributed by atoms with Gasteiger partial charge in [-0.1, -0.05) is 20.8 Å². The number of hydrogen-bond acceptors (Lipinski definition) is 3. The first-order valence-electron chi connectivity index (χ1n) is 6.03. The molecule has 0 aromatic heterocycles. The summed E-state index contributed by atoms with van der Waals surface area (Å²) in [6.07, 6.45) is 1.04. The molecular weight excluding hydrogens is 267 g/mol. The average Bonchev–Trinajstić information content (AvgIpc) is 2.18. The van der Waals surface area contributed by atoms with E-state index in [0.717, 1.165) is 6.26 Å². The van der Waals surface area contributed by atoms with E-state index in [4.69, 9.17) is 0 Å². The zero-order valence-corrected chi connectivity index (χ0v) is 12.7. The molecule has 1 atom stereocenters. The monoisotopic (exact) mass is 288 g/mol. The van der Waals surface area contributed by atoms with Gasteiger partial charge in [0.2, 0.25) is 10.0 Å². The highest BCUT2D eigenvalue weighted by molar-refractivity contribution is 7.92. The zero-order valence-electron chi connectivity index (χ0n) is 11.9. The van der Waals surface area contributed by atoms with Gasteiger partial charge in [0.15, 0.2) is 0 Å². The van der Waals surface area contributed by atoms with Crippen LogP contribution < -0.4 is 10.0 Å². The van der Waals surface area contributed by atoms with Gasteiger partial charge in [0, 0.05) is 12.1 Å². The Hall–Kier alpha value is -1.30. The third-order valence-electron chi connectivity index (χ3n) is 2.95. The molecule has 0 fully saturated rings. The molecule has 1 aromatic rings. The lowest BCUT2D eigenvalue weighted by atomic mass is 9.88. The second-order valence-corrected chi connectivity index (χ2v) is 7.54. The summed E-state index contributed by atoms with van der Waals surface area (Å²) in [6, 6.07) is 4.09. The molecule has 1 unspecified atom stereocenters. The Labute approximate surface area is 114 Å². The summed E-state index contributed by atoms with van der Waals surface area (Å²) in [5.41, 5.74) is 0.782. The van der Waals surface area contributed by atoms with Gasteiger partial charge in [-0.15, -0.1) is 0 Å². The van der Waals surface area contributed by atoms with E-state index in [9.17, 15) is 12.8 Å². The zero-order chi connectivity index (χ0) is 14.8. The first-order valence-corrected chi connectivity index (χ1v) is 7.92. The van der Waals surface area contributed by atoms with E-state index >= 15 is 0 Å². The molecule has 4 nitrogen and oxygen atoms in total. The fourth-order valence-electron chi connectivity index (χ4n) is 1.38. The van der Waals surface area contributed by atoms with Gasteiger partial charge in [-0.3, -0.25) is 4.72 Å². The summed E-state index contributed by atoms with van der Waals surface area (Å²) < 4.78 is 38.1. The molecule has 0 aliphatic heterocycles. The van der Waals surface area contributed by atoms with Crippen LogP contribution in [0.4, 0.5) is 15.8 Å². The Morgan fingerprint density at radius 1 is 1.21 bits per heavy atom. The van der Waals surface area contributed by atoms with Crippen LogP contribution in [0.5, 0.6) is 0 Å². The van der Waals surface area contributed by atoms with Crippen LogP contribution in [0.15, 0.2) is 18.2 Å². The molecule has 0 spiro atoms. The summed E-state index contributed by atoms with van der Waals surface area (Å²) in [4.78, 5) is 0. The molecule has 2 N–H and O–H groups in total. The van der Waals surface area contributed by atoms with Crippen LogP contribution in [0.2, 0.25) is 0 Å². The van der Waals surface area contributed by atoms with E-state index in [1.807, 2.05) is 6.92 Å². The molecule has 1 aromatic carbocycles. The molecule has 0 aliphatic rings. The first-order chi connectivity index (χ1) is 8.49. The number of hydrogen-bond donors (Lipinski definition) is 2. The number of nitrogens with one attached hydrogen (secondary N) is 2. The molecule has 0 bridgehead atoms. The number of benzene rings is 1. The average molecular weight is 288 g/mol. The highest BCUT2D eigenvalue weighted by atomic mass is 32.2. The van der Waals surface area contributed by atoms with E-state index < -0.39 is 15.8 Å². The smallest absolute Gasteiger partial charge is 0.229 e. The van der Waals surface area contributed by atoms with E-state index in [1.165, 1.54) is 18.2 Å². The maximum Gasteiger partial charge on any atom is 0.229 e. The van der Waals surface area contributed by atoms with Crippen LogP contribution in [0.1, 0.15) is 27.7 Å². The minimum Gasteiger partial charge on any atom is -0.380 e. The number of anilines is 2. The van der Waals surface area contributed by atoms with Crippen LogP contribution in [-0.2, 0) is 10.0 Å². The molecule has 0 saturated heterocycles. The molecule has 0 heterocycles. The highest BCUT2D eigenvalue weighted by Gasteiger charge is 2.21. The van der Waals surface area contributed by atoms with Crippen LogP contribution in [0.3, 0.4) is 0 Å². The minimum absolute atomic E-state index is 0.00323.